The standard InChI is InChI=1S/C21H26N4O2/c1-13(2)25-20-16(12-22-25)11-18(14(3)23-20)21(26)24(5)15(4)17-9-7-8-10-19(17)27-6/h7-13,15H,1-6H3. The molecule has 0 fully saturated rings. The Bertz CT molecular complexity index is 977. The summed E-state index contributed by atoms with van der Waals surface area (Å²) in [7, 11) is 3.45. The van der Waals surface area contributed by atoms with E-state index in [1.807, 2.05) is 48.9 Å². The van der Waals surface area contributed by atoms with E-state index in [4.69, 9.17) is 4.74 Å². The van der Waals surface area contributed by atoms with Crippen LogP contribution in [0.2, 0.25) is 0 Å². The van der Waals surface area contributed by atoms with Gasteiger partial charge in [0.25, 0.3) is 5.91 Å². The Morgan fingerprint density at radius 1 is 1.22 bits per heavy atom. The van der Waals surface area contributed by atoms with Crippen LogP contribution < -0.4 is 4.74 Å². The number of hydrogen-bond donors (Lipinski definition) is 0. The summed E-state index contributed by atoms with van der Waals surface area (Å²) in [4.78, 5) is 19.6. The number of aromatic nitrogens is 3. The number of amides is 1. The molecule has 1 aromatic carbocycles. The molecule has 2 aromatic heterocycles. The Balaban J connectivity index is 1.96. The zero-order valence-electron chi connectivity index (χ0n) is 16.7. The number of ether oxygens (including phenoxy) is 1. The van der Waals surface area contributed by atoms with E-state index < -0.39 is 0 Å². The Morgan fingerprint density at radius 2 is 1.93 bits per heavy atom. The number of nitrogens with zero attached hydrogens (tertiary/aromatic N) is 4. The average molecular weight is 366 g/mol. The van der Waals surface area contributed by atoms with Gasteiger partial charge in [0.15, 0.2) is 5.65 Å². The zero-order chi connectivity index (χ0) is 19.7. The van der Waals surface area contributed by atoms with Crippen LogP contribution in [0, 0.1) is 6.92 Å². The second-order valence-corrected chi connectivity index (χ2v) is 7.05. The van der Waals surface area contributed by atoms with Crippen molar-refractivity contribution in [2.75, 3.05) is 14.2 Å². The van der Waals surface area contributed by atoms with Crippen molar-refractivity contribution in [3.63, 3.8) is 0 Å². The Hall–Kier alpha value is -2.89. The summed E-state index contributed by atoms with van der Waals surface area (Å²) >= 11 is 0. The van der Waals surface area contributed by atoms with E-state index in [1.165, 1.54) is 0 Å². The molecule has 3 aromatic rings. The number of fused-ring (bicyclic) bond motifs is 1. The highest BCUT2D eigenvalue weighted by atomic mass is 16.5. The molecular weight excluding hydrogens is 340 g/mol. The third-order valence-electron chi connectivity index (χ3n) is 4.97. The summed E-state index contributed by atoms with van der Waals surface area (Å²) in [6.45, 7) is 7.98. The van der Waals surface area contributed by atoms with Gasteiger partial charge in [-0.1, -0.05) is 18.2 Å². The first-order valence-electron chi connectivity index (χ1n) is 9.10. The summed E-state index contributed by atoms with van der Waals surface area (Å²) in [5, 5.41) is 5.27. The lowest BCUT2D eigenvalue weighted by Gasteiger charge is -2.27. The third kappa shape index (κ3) is 3.39. The number of benzene rings is 1. The van der Waals surface area contributed by atoms with Gasteiger partial charge >= 0.3 is 0 Å². The van der Waals surface area contributed by atoms with Gasteiger partial charge in [-0.25, -0.2) is 9.67 Å². The molecule has 0 saturated heterocycles. The van der Waals surface area contributed by atoms with Crippen LogP contribution in [0.15, 0.2) is 36.5 Å². The number of methoxy groups -OCH3 is 1. The largest absolute Gasteiger partial charge is 0.496 e. The highest BCUT2D eigenvalue weighted by Gasteiger charge is 2.24. The average Bonchev–Trinajstić information content (AvgIpc) is 3.08. The normalized spacial score (nSPS) is 12.4. The molecule has 0 saturated carbocycles. The van der Waals surface area contributed by atoms with Crippen molar-refractivity contribution >= 4 is 16.9 Å². The third-order valence-corrected chi connectivity index (χ3v) is 4.97. The van der Waals surface area contributed by atoms with E-state index >= 15 is 0 Å². The fourth-order valence-corrected chi connectivity index (χ4v) is 3.25. The van der Waals surface area contributed by atoms with Crippen molar-refractivity contribution in [3.8, 4) is 5.75 Å². The Morgan fingerprint density at radius 3 is 2.59 bits per heavy atom. The molecule has 0 aliphatic rings. The molecule has 0 aliphatic carbocycles. The molecule has 1 atom stereocenters. The van der Waals surface area contributed by atoms with E-state index in [-0.39, 0.29) is 18.0 Å². The molecular formula is C21H26N4O2. The molecule has 3 rings (SSSR count). The van der Waals surface area contributed by atoms with Crippen LogP contribution in [-0.4, -0.2) is 39.7 Å². The van der Waals surface area contributed by atoms with Crippen molar-refractivity contribution in [3.05, 3.63) is 53.3 Å². The van der Waals surface area contributed by atoms with Gasteiger partial charge in [-0.2, -0.15) is 5.10 Å². The molecule has 27 heavy (non-hydrogen) atoms. The van der Waals surface area contributed by atoms with Gasteiger partial charge in [-0.05, 0) is 39.8 Å². The van der Waals surface area contributed by atoms with Gasteiger partial charge in [0.1, 0.15) is 5.75 Å². The first-order chi connectivity index (χ1) is 12.8. The van der Waals surface area contributed by atoms with Crippen molar-refractivity contribution in [2.45, 2.75) is 39.8 Å². The summed E-state index contributed by atoms with van der Waals surface area (Å²) < 4.78 is 7.32. The van der Waals surface area contributed by atoms with Crippen LogP contribution in [0.4, 0.5) is 0 Å². The second kappa shape index (κ2) is 7.39. The van der Waals surface area contributed by atoms with Gasteiger partial charge in [-0.3, -0.25) is 4.79 Å². The molecule has 1 amide bonds. The summed E-state index contributed by atoms with van der Waals surface area (Å²) in [5.74, 6) is 0.700. The van der Waals surface area contributed by atoms with Gasteiger partial charge in [0.05, 0.1) is 30.6 Å². The molecule has 6 nitrogen and oxygen atoms in total. The van der Waals surface area contributed by atoms with Crippen molar-refractivity contribution < 1.29 is 9.53 Å². The molecule has 6 heteroatoms. The van der Waals surface area contributed by atoms with E-state index in [0.29, 0.717) is 11.3 Å². The topological polar surface area (TPSA) is 60.2 Å². The monoisotopic (exact) mass is 366 g/mol. The highest BCUT2D eigenvalue weighted by Crippen LogP contribution is 2.29. The molecule has 0 N–H and O–H groups in total. The molecule has 0 aliphatic heterocycles. The van der Waals surface area contributed by atoms with Crippen molar-refractivity contribution in [2.24, 2.45) is 0 Å². The predicted molar refractivity (Wildman–Crippen MR) is 106 cm³/mol. The molecule has 1 unspecified atom stereocenters. The number of hydrogen-bond acceptors (Lipinski definition) is 4. The highest BCUT2D eigenvalue weighted by molar-refractivity contribution is 5.98. The molecule has 142 valence electrons. The smallest absolute Gasteiger partial charge is 0.255 e. The van der Waals surface area contributed by atoms with E-state index in [2.05, 4.69) is 23.9 Å². The van der Waals surface area contributed by atoms with Crippen molar-refractivity contribution in [1.29, 1.82) is 0 Å². The molecule has 0 radical (unpaired) electrons. The SMILES string of the molecule is COc1ccccc1C(C)N(C)C(=O)c1cc2cnn(C(C)C)c2nc1C. The van der Waals surface area contributed by atoms with Crippen LogP contribution in [0.25, 0.3) is 11.0 Å². The predicted octanol–water partition coefficient (Wildman–Crippen LogP) is 4.16. The number of carbonyl (C=O) groups is 1. The van der Waals surface area contributed by atoms with Crippen LogP contribution in [0.1, 0.15) is 54.5 Å². The number of para-hydroxylation sites is 1. The first kappa shape index (κ1) is 18.9. The fourth-order valence-electron chi connectivity index (χ4n) is 3.25. The van der Waals surface area contributed by atoms with Crippen LogP contribution in [0.3, 0.4) is 0 Å². The summed E-state index contributed by atoms with van der Waals surface area (Å²) in [6.07, 6.45) is 1.77. The number of aryl methyl sites for hydroxylation is 1. The van der Waals surface area contributed by atoms with Gasteiger partial charge in [-0.15, -0.1) is 0 Å². The minimum atomic E-state index is -0.137. The van der Waals surface area contributed by atoms with Gasteiger partial charge in [0, 0.05) is 24.0 Å². The summed E-state index contributed by atoms with van der Waals surface area (Å²) in [5.41, 5.74) is 3.07. The van der Waals surface area contributed by atoms with Crippen LogP contribution >= 0.6 is 0 Å². The number of carbonyl (C=O) groups excluding carboxylic acids is 1. The second-order valence-electron chi connectivity index (χ2n) is 7.05. The zero-order valence-corrected chi connectivity index (χ0v) is 16.7. The minimum absolute atomic E-state index is 0.0717. The first-order valence-corrected chi connectivity index (χ1v) is 9.10. The van der Waals surface area contributed by atoms with Gasteiger partial charge < -0.3 is 9.64 Å². The van der Waals surface area contributed by atoms with Crippen LogP contribution in [-0.2, 0) is 0 Å². The van der Waals surface area contributed by atoms with Gasteiger partial charge in [0.2, 0.25) is 0 Å². The maximum Gasteiger partial charge on any atom is 0.255 e. The summed E-state index contributed by atoms with van der Waals surface area (Å²) in [6, 6.07) is 9.72. The lowest BCUT2D eigenvalue weighted by molar-refractivity contribution is 0.0740. The lowest BCUT2D eigenvalue weighted by Crippen LogP contribution is -2.30. The Labute approximate surface area is 159 Å². The maximum atomic E-state index is 13.2. The molecule has 2 heterocycles. The lowest BCUT2D eigenvalue weighted by atomic mass is 10.0. The van der Waals surface area contributed by atoms with E-state index in [1.54, 1.807) is 25.3 Å². The molecule has 0 bridgehead atoms. The van der Waals surface area contributed by atoms with E-state index in [9.17, 15) is 4.79 Å². The molecule has 0 spiro atoms. The number of pyridine rings is 1. The van der Waals surface area contributed by atoms with Crippen molar-refractivity contribution in [1.82, 2.24) is 19.7 Å². The minimum Gasteiger partial charge on any atom is -0.496 e. The maximum absolute atomic E-state index is 13.2. The Kier molecular flexibility index (Phi) is 5.17. The van der Waals surface area contributed by atoms with E-state index in [0.717, 1.165) is 22.3 Å². The van der Waals surface area contributed by atoms with Crippen LogP contribution in [0.5, 0.6) is 5.75 Å². The fraction of sp³-hybridized carbons (Fsp3) is 0.381. The number of rotatable bonds is 5. The quantitative estimate of drug-likeness (QED) is 0.680.